The summed E-state index contributed by atoms with van der Waals surface area (Å²) in [6, 6.07) is 9.34. The van der Waals surface area contributed by atoms with Gasteiger partial charge in [0.1, 0.15) is 0 Å². The van der Waals surface area contributed by atoms with Crippen LogP contribution in [0.15, 0.2) is 47.4 Å². The second-order valence-electron chi connectivity index (χ2n) is 5.16. The summed E-state index contributed by atoms with van der Waals surface area (Å²) in [5, 5.41) is 7.74. The van der Waals surface area contributed by atoms with Gasteiger partial charge in [0, 0.05) is 5.56 Å². The predicted octanol–water partition coefficient (Wildman–Crippen LogP) is 1.97. The van der Waals surface area contributed by atoms with Gasteiger partial charge in [0.15, 0.2) is 11.6 Å². The van der Waals surface area contributed by atoms with Crippen LogP contribution in [-0.2, 0) is 10.0 Å². The summed E-state index contributed by atoms with van der Waals surface area (Å²) in [5.41, 5.74) is 0.839. The van der Waals surface area contributed by atoms with Crippen LogP contribution in [0.4, 0.5) is 4.39 Å². The van der Waals surface area contributed by atoms with E-state index in [0.717, 1.165) is 6.07 Å². The molecule has 0 bridgehead atoms. The summed E-state index contributed by atoms with van der Waals surface area (Å²) in [5.74, 6) is -1.03. The number of carbonyl (C=O) groups is 1. The van der Waals surface area contributed by atoms with E-state index in [2.05, 4.69) is 5.32 Å². The Balaban J connectivity index is 2.12. The third-order valence-corrected chi connectivity index (χ3v) is 4.40. The molecule has 0 radical (unpaired) electrons. The highest BCUT2D eigenvalue weighted by Gasteiger charge is 2.15. The van der Waals surface area contributed by atoms with Gasteiger partial charge in [-0.05, 0) is 42.8 Å². The highest BCUT2D eigenvalue weighted by atomic mass is 32.2. The Hall–Kier alpha value is -2.45. The monoisotopic (exact) mass is 352 g/mol. The number of hydrogen-bond donors (Lipinski definition) is 2. The van der Waals surface area contributed by atoms with E-state index in [4.69, 9.17) is 9.88 Å². The van der Waals surface area contributed by atoms with Gasteiger partial charge < -0.3 is 10.1 Å². The van der Waals surface area contributed by atoms with Crippen molar-refractivity contribution in [3.63, 3.8) is 0 Å². The van der Waals surface area contributed by atoms with Crippen LogP contribution in [0.2, 0.25) is 0 Å². The Kier molecular flexibility index (Phi) is 5.20. The van der Waals surface area contributed by atoms with Crippen LogP contribution in [-0.4, -0.2) is 21.4 Å². The molecule has 2 aromatic carbocycles. The lowest BCUT2D eigenvalue weighted by atomic mass is 10.1. The van der Waals surface area contributed by atoms with Crippen molar-refractivity contribution in [1.29, 1.82) is 0 Å². The number of hydrogen-bond acceptors (Lipinski definition) is 4. The van der Waals surface area contributed by atoms with Crippen molar-refractivity contribution in [2.75, 3.05) is 7.11 Å². The number of nitrogens with two attached hydrogens (primary N) is 1. The van der Waals surface area contributed by atoms with Gasteiger partial charge in [-0.3, -0.25) is 4.79 Å². The van der Waals surface area contributed by atoms with E-state index in [1.54, 1.807) is 19.1 Å². The minimum absolute atomic E-state index is 0.0120. The number of amides is 1. The number of benzene rings is 2. The van der Waals surface area contributed by atoms with Crippen LogP contribution in [0, 0.1) is 5.82 Å². The summed E-state index contributed by atoms with van der Waals surface area (Å²) < 4.78 is 40.9. The molecular formula is C16H17FN2O4S. The molecule has 1 atom stereocenters. The molecule has 0 fully saturated rings. The highest BCUT2D eigenvalue weighted by Crippen LogP contribution is 2.19. The first kappa shape index (κ1) is 17.9. The van der Waals surface area contributed by atoms with Gasteiger partial charge in [-0.1, -0.05) is 12.1 Å². The number of methoxy groups -OCH3 is 1. The minimum Gasteiger partial charge on any atom is -0.494 e. The number of carbonyl (C=O) groups excluding carboxylic acids is 1. The molecule has 0 aliphatic carbocycles. The van der Waals surface area contributed by atoms with Gasteiger partial charge in [0.2, 0.25) is 10.0 Å². The van der Waals surface area contributed by atoms with E-state index < -0.39 is 27.8 Å². The molecule has 0 aliphatic rings. The summed E-state index contributed by atoms with van der Waals surface area (Å²) in [6.07, 6.45) is 0. The molecule has 0 aromatic heterocycles. The molecule has 1 unspecified atom stereocenters. The number of sulfonamides is 1. The zero-order chi connectivity index (χ0) is 17.9. The average molecular weight is 352 g/mol. The molecule has 6 nitrogen and oxygen atoms in total. The maximum atomic E-state index is 13.7. The third-order valence-electron chi connectivity index (χ3n) is 3.47. The summed E-state index contributed by atoms with van der Waals surface area (Å²) in [4.78, 5) is 12.2. The zero-order valence-corrected chi connectivity index (χ0v) is 13.9. The van der Waals surface area contributed by atoms with Gasteiger partial charge in [-0.2, -0.15) is 0 Å². The molecule has 3 N–H and O–H groups in total. The van der Waals surface area contributed by atoms with Crippen molar-refractivity contribution in [3.8, 4) is 5.75 Å². The van der Waals surface area contributed by atoms with Gasteiger partial charge in [0.05, 0.1) is 18.0 Å². The van der Waals surface area contributed by atoms with E-state index >= 15 is 0 Å². The number of halogens is 1. The molecule has 0 heterocycles. The van der Waals surface area contributed by atoms with Gasteiger partial charge >= 0.3 is 0 Å². The van der Waals surface area contributed by atoms with Crippen molar-refractivity contribution in [2.24, 2.45) is 5.14 Å². The molecule has 2 rings (SSSR count). The van der Waals surface area contributed by atoms with E-state index in [1.165, 1.54) is 31.4 Å². The maximum Gasteiger partial charge on any atom is 0.251 e. The predicted molar refractivity (Wildman–Crippen MR) is 86.6 cm³/mol. The average Bonchev–Trinajstić information content (AvgIpc) is 2.54. The van der Waals surface area contributed by atoms with Crippen LogP contribution < -0.4 is 15.2 Å². The van der Waals surface area contributed by atoms with E-state index in [1.807, 2.05) is 0 Å². The molecular weight excluding hydrogens is 335 g/mol. The topological polar surface area (TPSA) is 98.5 Å². The lowest BCUT2D eigenvalue weighted by Crippen LogP contribution is -2.26. The second kappa shape index (κ2) is 6.98. The second-order valence-corrected chi connectivity index (χ2v) is 6.72. The van der Waals surface area contributed by atoms with Crippen LogP contribution in [0.3, 0.4) is 0 Å². The Morgan fingerprint density at radius 3 is 2.33 bits per heavy atom. The van der Waals surface area contributed by atoms with E-state index in [0.29, 0.717) is 5.56 Å². The third kappa shape index (κ3) is 4.09. The first-order chi connectivity index (χ1) is 11.2. The molecule has 128 valence electrons. The molecule has 0 spiro atoms. The molecule has 2 aromatic rings. The Labute approximate surface area is 139 Å². The fourth-order valence-electron chi connectivity index (χ4n) is 2.12. The lowest BCUT2D eigenvalue weighted by Gasteiger charge is -2.15. The fraction of sp³-hybridized carbons (Fsp3) is 0.188. The van der Waals surface area contributed by atoms with Crippen molar-refractivity contribution < 1.29 is 22.3 Å². The van der Waals surface area contributed by atoms with Gasteiger partial charge in [-0.25, -0.2) is 17.9 Å². The maximum absolute atomic E-state index is 13.7. The summed E-state index contributed by atoms with van der Waals surface area (Å²) in [7, 11) is -2.42. The van der Waals surface area contributed by atoms with Crippen molar-refractivity contribution in [1.82, 2.24) is 5.32 Å². The molecule has 1 amide bonds. The zero-order valence-electron chi connectivity index (χ0n) is 13.1. The first-order valence-electron chi connectivity index (χ1n) is 6.99. The fourth-order valence-corrected chi connectivity index (χ4v) is 2.63. The first-order valence-corrected chi connectivity index (χ1v) is 8.54. The summed E-state index contributed by atoms with van der Waals surface area (Å²) >= 11 is 0. The highest BCUT2D eigenvalue weighted by molar-refractivity contribution is 7.89. The van der Waals surface area contributed by atoms with Crippen LogP contribution in [0.25, 0.3) is 0 Å². The number of ether oxygens (including phenoxy) is 1. The Bertz CT molecular complexity index is 851. The quantitative estimate of drug-likeness (QED) is 0.859. The van der Waals surface area contributed by atoms with Crippen LogP contribution >= 0.6 is 0 Å². The summed E-state index contributed by atoms with van der Waals surface area (Å²) in [6.45, 7) is 1.73. The number of primary sulfonamides is 1. The molecule has 0 saturated heterocycles. The lowest BCUT2D eigenvalue weighted by molar-refractivity contribution is 0.0939. The van der Waals surface area contributed by atoms with Crippen molar-refractivity contribution >= 4 is 15.9 Å². The molecule has 0 aliphatic heterocycles. The smallest absolute Gasteiger partial charge is 0.251 e. The number of rotatable bonds is 5. The Morgan fingerprint density at radius 2 is 1.83 bits per heavy atom. The number of nitrogens with one attached hydrogen (secondary N) is 1. The molecule has 8 heteroatoms. The largest absolute Gasteiger partial charge is 0.494 e. The molecule has 24 heavy (non-hydrogen) atoms. The Morgan fingerprint density at radius 1 is 1.21 bits per heavy atom. The SMILES string of the molecule is COc1ccc(C(=O)NC(C)c2ccc(S(N)(=O)=O)cc2)cc1F. The van der Waals surface area contributed by atoms with Crippen LogP contribution in [0.1, 0.15) is 28.9 Å². The van der Waals surface area contributed by atoms with E-state index in [9.17, 15) is 17.6 Å². The van der Waals surface area contributed by atoms with Gasteiger partial charge in [0.25, 0.3) is 5.91 Å². The normalized spacial score (nSPS) is 12.5. The molecule has 0 saturated carbocycles. The minimum atomic E-state index is -3.76. The van der Waals surface area contributed by atoms with Crippen molar-refractivity contribution in [2.45, 2.75) is 17.9 Å². The van der Waals surface area contributed by atoms with Gasteiger partial charge in [-0.15, -0.1) is 0 Å². The standard InChI is InChI=1S/C16H17FN2O4S/c1-10(11-3-6-13(7-4-11)24(18,21)22)19-16(20)12-5-8-15(23-2)14(17)9-12/h3-10H,1-2H3,(H,19,20)(H2,18,21,22). The van der Waals surface area contributed by atoms with Crippen molar-refractivity contribution in [3.05, 3.63) is 59.4 Å². The van der Waals surface area contributed by atoms with Crippen LogP contribution in [0.5, 0.6) is 5.75 Å². The van der Waals surface area contributed by atoms with E-state index in [-0.39, 0.29) is 16.2 Å².